The van der Waals surface area contributed by atoms with Gasteiger partial charge < -0.3 is 19.1 Å². The van der Waals surface area contributed by atoms with Crippen LogP contribution in [-0.4, -0.2) is 37.9 Å². The Morgan fingerprint density at radius 3 is 2.59 bits per heavy atom. The zero-order valence-corrected chi connectivity index (χ0v) is 15.1. The minimum absolute atomic E-state index is 0.0470. The zero-order chi connectivity index (χ0) is 19.6. The van der Waals surface area contributed by atoms with Crippen LogP contribution in [0.25, 0.3) is 0 Å². The zero-order valence-electron chi connectivity index (χ0n) is 15.1. The third-order valence-corrected chi connectivity index (χ3v) is 4.63. The molecule has 0 saturated heterocycles. The fraction of sp³-hybridized carbons (Fsp3) is 0.421. The SMILES string of the molecule is COc1cc2c(c(OC)c1)CN(C(=O)C1=C(OC(F)(F)F)C=CCC1)CC2. The molecule has 0 unspecified atom stereocenters. The quantitative estimate of drug-likeness (QED) is 0.795. The molecular weight excluding hydrogens is 363 g/mol. The highest BCUT2D eigenvalue weighted by atomic mass is 19.4. The van der Waals surface area contributed by atoms with Crippen LogP contribution in [0.5, 0.6) is 11.5 Å². The molecule has 1 aliphatic heterocycles. The number of methoxy groups -OCH3 is 2. The summed E-state index contributed by atoms with van der Waals surface area (Å²) in [5.41, 5.74) is 1.88. The van der Waals surface area contributed by atoms with Gasteiger partial charge in [-0.2, -0.15) is 0 Å². The number of hydrogen-bond donors (Lipinski definition) is 0. The fourth-order valence-electron chi connectivity index (χ4n) is 3.34. The molecule has 2 aliphatic rings. The van der Waals surface area contributed by atoms with Crippen molar-refractivity contribution >= 4 is 5.91 Å². The monoisotopic (exact) mass is 383 g/mol. The van der Waals surface area contributed by atoms with E-state index in [9.17, 15) is 18.0 Å². The van der Waals surface area contributed by atoms with Crippen molar-refractivity contribution in [2.75, 3.05) is 20.8 Å². The summed E-state index contributed by atoms with van der Waals surface area (Å²) in [6.07, 6.45) is -0.781. The Kier molecular flexibility index (Phi) is 5.34. The van der Waals surface area contributed by atoms with Gasteiger partial charge in [-0.1, -0.05) is 6.08 Å². The van der Waals surface area contributed by atoms with Crippen LogP contribution in [0.4, 0.5) is 13.2 Å². The van der Waals surface area contributed by atoms with Gasteiger partial charge in [-0.05, 0) is 37.0 Å². The predicted octanol–water partition coefficient (Wildman–Crippen LogP) is 3.73. The molecule has 1 aliphatic carbocycles. The molecule has 0 aromatic heterocycles. The lowest BCUT2D eigenvalue weighted by molar-refractivity contribution is -0.303. The number of alkyl halides is 3. The molecule has 0 saturated carbocycles. The van der Waals surface area contributed by atoms with Crippen LogP contribution in [0.15, 0.2) is 35.6 Å². The van der Waals surface area contributed by atoms with Crippen molar-refractivity contribution < 1.29 is 32.2 Å². The standard InChI is InChI=1S/C19H20F3NO4/c1-25-13-9-12-7-8-23(11-15(12)17(10-13)26-2)18(24)14-5-3-4-6-16(14)27-19(20,21)22/h4,6,9-10H,3,5,7-8,11H2,1-2H3. The molecule has 0 atom stereocenters. The van der Waals surface area contributed by atoms with E-state index in [0.717, 1.165) is 11.1 Å². The number of amides is 1. The van der Waals surface area contributed by atoms with Gasteiger partial charge in [0.2, 0.25) is 0 Å². The lowest BCUT2D eigenvalue weighted by Gasteiger charge is -2.31. The summed E-state index contributed by atoms with van der Waals surface area (Å²) in [4.78, 5) is 14.4. The molecule has 1 aromatic rings. The largest absolute Gasteiger partial charge is 0.573 e. The van der Waals surface area contributed by atoms with Crippen LogP contribution in [-0.2, 0) is 22.5 Å². The first-order valence-corrected chi connectivity index (χ1v) is 8.51. The number of hydrogen-bond acceptors (Lipinski definition) is 4. The van der Waals surface area contributed by atoms with Gasteiger partial charge in [0.15, 0.2) is 0 Å². The van der Waals surface area contributed by atoms with Crippen LogP contribution in [0, 0.1) is 0 Å². The molecular formula is C19H20F3NO4. The van der Waals surface area contributed by atoms with Crippen molar-refractivity contribution in [3.05, 3.63) is 46.7 Å². The van der Waals surface area contributed by atoms with Gasteiger partial charge in [0, 0.05) is 24.7 Å². The highest BCUT2D eigenvalue weighted by Crippen LogP contribution is 2.35. The molecule has 0 spiro atoms. The number of halogens is 3. The van der Waals surface area contributed by atoms with E-state index in [0.29, 0.717) is 30.9 Å². The maximum Gasteiger partial charge on any atom is 0.573 e. The van der Waals surface area contributed by atoms with Crippen molar-refractivity contribution in [1.82, 2.24) is 4.90 Å². The number of carbonyl (C=O) groups excluding carboxylic acids is 1. The highest BCUT2D eigenvalue weighted by molar-refractivity contribution is 5.94. The second-order valence-corrected chi connectivity index (χ2v) is 6.28. The Bertz CT molecular complexity index is 782. The van der Waals surface area contributed by atoms with Crippen LogP contribution in [0.3, 0.4) is 0 Å². The summed E-state index contributed by atoms with van der Waals surface area (Å²) in [5.74, 6) is 0.380. The Morgan fingerprint density at radius 2 is 1.93 bits per heavy atom. The highest BCUT2D eigenvalue weighted by Gasteiger charge is 2.35. The summed E-state index contributed by atoms with van der Waals surface area (Å²) in [7, 11) is 3.09. The number of benzene rings is 1. The Labute approximate surface area is 155 Å². The lowest BCUT2D eigenvalue weighted by Crippen LogP contribution is -2.38. The molecule has 1 amide bonds. The number of rotatable bonds is 4. The smallest absolute Gasteiger partial charge is 0.497 e. The Morgan fingerprint density at radius 1 is 1.15 bits per heavy atom. The minimum atomic E-state index is -4.84. The molecule has 146 valence electrons. The van der Waals surface area contributed by atoms with E-state index in [2.05, 4.69) is 4.74 Å². The molecule has 0 fully saturated rings. The van der Waals surface area contributed by atoms with Crippen LogP contribution in [0.2, 0.25) is 0 Å². The number of nitrogens with zero attached hydrogens (tertiary/aromatic N) is 1. The second kappa shape index (κ2) is 7.54. The van der Waals surface area contributed by atoms with Gasteiger partial charge in [0.1, 0.15) is 17.3 Å². The first-order chi connectivity index (χ1) is 12.8. The molecule has 5 nitrogen and oxygen atoms in total. The Balaban J connectivity index is 1.88. The number of carbonyl (C=O) groups is 1. The van der Waals surface area contributed by atoms with Crippen LogP contribution < -0.4 is 9.47 Å². The van der Waals surface area contributed by atoms with Gasteiger partial charge in [0.05, 0.1) is 19.8 Å². The first-order valence-electron chi connectivity index (χ1n) is 8.51. The molecule has 0 bridgehead atoms. The molecule has 0 N–H and O–H groups in total. The third kappa shape index (κ3) is 4.20. The topological polar surface area (TPSA) is 48.0 Å². The summed E-state index contributed by atoms with van der Waals surface area (Å²) in [6, 6.07) is 3.62. The summed E-state index contributed by atoms with van der Waals surface area (Å²) in [5, 5.41) is 0. The maximum atomic E-state index is 12.9. The molecule has 8 heteroatoms. The summed E-state index contributed by atoms with van der Waals surface area (Å²) < 4.78 is 52.6. The van der Waals surface area contributed by atoms with E-state index in [4.69, 9.17) is 9.47 Å². The van der Waals surface area contributed by atoms with Crippen LogP contribution in [0.1, 0.15) is 24.0 Å². The van der Waals surface area contributed by atoms with Crippen molar-refractivity contribution in [2.45, 2.75) is 32.2 Å². The van der Waals surface area contributed by atoms with E-state index in [-0.39, 0.29) is 18.5 Å². The molecule has 3 rings (SSSR count). The lowest BCUT2D eigenvalue weighted by atomic mass is 9.96. The number of allylic oxidation sites excluding steroid dienone is 2. The first kappa shape index (κ1) is 19.1. The van der Waals surface area contributed by atoms with Crippen molar-refractivity contribution in [3.63, 3.8) is 0 Å². The van der Waals surface area contributed by atoms with Gasteiger partial charge >= 0.3 is 6.36 Å². The van der Waals surface area contributed by atoms with Crippen molar-refractivity contribution in [2.24, 2.45) is 0 Å². The average molecular weight is 383 g/mol. The summed E-state index contributed by atoms with van der Waals surface area (Å²) in [6.45, 7) is 0.655. The van der Waals surface area contributed by atoms with E-state index in [1.807, 2.05) is 6.07 Å². The van der Waals surface area contributed by atoms with Gasteiger partial charge in [0.25, 0.3) is 5.91 Å². The summed E-state index contributed by atoms with van der Waals surface area (Å²) >= 11 is 0. The minimum Gasteiger partial charge on any atom is -0.497 e. The molecule has 0 radical (unpaired) electrons. The molecule has 27 heavy (non-hydrogen) atoms. The van der Waals surface area contributed by atoms with Gasteiger partial charge in [-0.15, -0.1) is 13.2 Å². The van der Waals surface area contributed by atoms with E-state index in [1.165, 1.54) is 18.1 Å². The van der Waals surface area contributed by atoms with Gasteiger partial charge in [-0.3, -0.25) is 4.79 Å². The van der Waals surface area contributed by atoms with E-state index >= 15 is 0 Å². The average Bonchev–Trinajstić information content (AvgIpc) is 2.65. The van der Waals surface area contributed by atoms with Crippen molar-refractivity contribution in [1.29, 1.82) is 0 Å². The molecule has 1 heterocycles. The van der Waals surface area contributed by atoms with Crippen molar-refractivity contribution in [3.8, 4) is 11.5 Å². The normalized spacial score (nSPS) is 16.9. The fourth-order valence-corrected chi connectivity index (χ4v) is 3.34. The third-order valence-electron chi connectivity index (χ3n) is 4.63. The number of ether oxygens (including phenoxy) is 3. The van der Waals surface area contributed by atoms with E-state index < -0.39 is 18.0 Å². The van der Waals surface area contributed by atoms with E-state index in [1.54, 1.807) is 19.3 Å². The predicted molar refractivity (Wildman–Crippen MR) is 91.2 cm³/mol. The Hall–Kier alpha value is -2.64. The maximum absolute atomic E-state index is 12.9. The van der Waals surface area contributed by atoms with Gasteiger partial charge in [-0.25, -0.2) is 0 Å². The second-order valence-electron chi connectivity index (χ2n) is 6.28. The molecule has 1 aromatic carbocycles. The number of fused-ring (bicyclic) bond motifs is 1. The van der Waals surface area contributed by atoms with Crippen LogP contribution >= 0.6 is 0 Å².